The summed E-state index contributed by atoms with van der Waals surface area (Å²) >= 11 is 0. The molecule has 41 heavy (non-hydrogen) atoms. The summed E-state index contributed by atoms with van der Waals surface area (Å²) in [5, 5.41) is 3.93. The van der Waals surface area contributed by atoms with Gasteiger partial charge in [0.05, 0.1) is 16.0 Å². The highest BCUT2D eigenvalue weighted by atomic mass is 32.2. The molecule has 0 spiro atoms. The van der Waals surface area contributed by atoms with E-state index in [4.69, 9.17) is 4.74 Å². The van der Waals surface area contributed by atoms with Gasteiger partial charge in [-0.05, 0) is 49.7 Å². The predicted molar refractivity (Wildman–Crippen MR) is 151 cm³/mol. The van der Waals surface area contributed by atoms with Crippen molar-refractivity contribution in [3.63, 3.8) is 0 Å². The first-order chi connectivity index (χ1) is 19.6. The van der Waals surface area contributed by atoms with E-state index in [1.54, 1.807) is 46.8 Å². The molecule has 11 heteroatoms. The molecule has 3 aromatic carbocycles. The molecular formula is C30H29F3N4O3S. The number of anilines is 2. The van der Waals surface area contributed by atoms with Crippen LogP contribution in [0, 0.1) is 6.92 Å². The predicted octanol–water partition coefficient (Wildman–Crippen LogP) is 5.83. The molecule has 0 radical (unpaired) electrons. The van der Waals surface area contributed by atoms with Crippen LogP contribution in [0.25, 0.3) is 10.9 Å². The number of sulfonamides is 1. The van der Waals surface area contributed by atoms with Crippen molar-refractivity contribution < 1.29 is 26.3 Å². The van der Waals surface area contributed by atoms with Crippen molar-refractivity contribution >= 4 is 32.3 Å². The average molecular weight is 583 g/mol. The molecule has 2 aliphatic heterocycles. The molecule has 1 aromatic heterocycles. The summed E-state index contributed by atoms with van der Waals surface area (Å²) in [5.41, 5.74) is 1.59. The molecule has 2 bridgehead atoms. The van der Waals surface area contributed by atoms with Gasteiger partial charge in [0.15, 0.2) is 0 Å². The maximum absolute atomic E-state index is 13.8. The number of nitrogens with one attached hydrogen (secondary N) is 1. The Morgan fingerprint density at radius 1 is 0.976 bits per heavy atom. The standard InChI is InChI=1S/C30H29F3N4O3S/c1-20-13-29(27-9-5-6-10-28(27)34-20)35-22-14-21(30(31,32)33)15-25(16-22)40-12-11-36-18-24-17-23(36)19-37(24)41(38,39)26-7-3-2-4-8-26/h2-10,13-16,23-24H,11-12,17-19H2,1H3,(H,34,35)/t23-,24-/m1/s1. The Morgan fingerprint density at radius 2 is 1.73 bits per heavy atom. The Hall–Kier alpha value is -3.67. The second-order valence-electron chi connectivity index (χ2n) is 10.5. The molecule has 2 atom stereocenters. The monoisotopic (exact) mass is 582 g/mol. The number of nitrogens with zero attached hydrogens (tertiary/aromatic N) is 3. The van der Waals surface area contributed by atoms with Gasteiger partial charge in [-0.1, -0.05) is 36.4 Å². The molecule has 3 heterocycles. The number of rotatable bonds is 8. The van der Waals surface area contributed by atoms with Crippen LogP contribution in [0.4, 0.5) is 24.5 Å². The summed E-state index contributed by atoms with van der Waals surface area (Å²) in [6.45, 7) is 3.43. The number of pyridine rings is 1. The number of hydrogen-bond acceptors (Lipinski definition) is 6. The summed E-state index contributed by atoms with van der Waals surface area (Å²) in [6, 6.07) is 21.2. The van der Waals surface area contributed by atoms with Crippen molar-refractivity contribution in [2.45, 2.75) is 36.5 Å². The zero-order chi connectivity index (χ0) is 28.8. The van der Waals surface area contributed by atoms with Gasteiger partial charge in [0.2, 0.25) is 10.0 Å². The van der Waals surface area contributed by atoms with E-state index in [0.29, 0.717) is 25.3 Å². The molecule has 4 aromatic rings. The van der Waals surface area contributed by atoms with Gasteiger partial charge in [-0.15, -0.1) is 0 Å². The molecule has 2 aliphatic rings. The Kier molecular flexibility index (Phi) is 7.13. The Balaban J connectivity index is 1.14. The number of aryl methyl sites for hydroxylation is 1. The lowest BCUT2D eigenvalue weighted by Gasteiger charge is -2.33. The molecule has 6 rings (SSSR count). The summed E-state index contributed by atoms with van der Waals surface area (Å²) < 4.78 is 74.9. The summed E-state index contributed by atoms with van der Waals surface area (Å²) in [6.07, 6.45) is -3.82. The van der Waals surface area contributed by atoms with Gasteiger partial charge < -0.3 is 10.1 Å². The number of aromatic nitrogens is 1. The number of para-hydroxylation sites is 1. The van der Waals surface area contributed by atoms with Gasteiger partial charge in [0.1, 0.15) is 12.4 Å². The molecule has 214 valence electrons. The minimum Gasteiger partial charge on any atom is -0.492 e. The maximum Gasteiger partial charge on any atom is 0.416 e. The highest BCUT2D eigenvalue weighted by Gasteiger charge is 2.48. The normalized spacial score (nSPS) is 19.6. The number of alkyl halides is 3. The maximum atomic E-state index is 13.8. The quantitative estimate of drug-likeness (QED) is 0.282. The molecule has 7 nitrogen and oxygen atoms in total. The first-order valence-electron chi connectivity index (χ1n) is 13.4. The van der Waals surface area contributed by atoms with E-state index in [2.05, 4.69) is 15.2 Å². The van der Waals surface area contributed by atoms with Crippen LogP contribution in [0.5, 0.6) is 5.75 Å². The molecule has 2 fully saturated rings. The molecule has 2 saturated heterocycles. The molecular weight excluding hydrogens is 553 g/mol. The van der Waals surface area contributed by atoms with Gasteiger partial charge in [-0.3, -0.25) is 9.88 Å². The third kappa shape index (κ3) is 5.61. The second-order valence-corrected chi connectivity index (χ2v) is 12.4. The first kappa shape index (κ1) is 27.5. The van der Waals surface area contributed by atoms with Crippen LogP contribution in [0.2, 0.25) is 0 Å². The van der Waals surface area contributed by atoms with Crippen molar-refractivity contribution in [1.82, 2.24) is 14.2 Å². The number of likely N-dealkylation sites (tertiary alicyclic amines) is 1. The Bertz CT molecular complexity index is 1680. The van der Waals surface area contributed by atoms with Gasteiger partial charge in [0.25, 0.3) is 0 Å². The number of fused-ring (bicyclic) bond motifs is 3. The van der Waals surface area contributed by atoms with Crippen molar-refractivity contribution in [3.05, 3.63) is 90.1 Å². The highest BCUT2D eigenvalue weighted by molar-refractivity contribution is 7.89. The number of halogens is 3. The lowest BCUT2D eigenvalue weighted by Crippen LogP contribution is -2.49. The fraction of sp³-hybridized carbons (Fsp3) is 0.300. The summed E-state index contributed by atoms with van der Waals surface area (Å²) in [7, 11) is -3.56. The molecule has 0 aliphatic carbocycles. The van der Waals surface area contributed by atoms with Crippen LogP contribution in [0.15, 0.2) is 83.8 Å². The SMILES string of the molecule is Cc1cc(Nc2cc(OCCN3C[C@H]4C[C@@H]3CN4S(=O)(=O)c3ccccc3)cc(C(F)(F)F)c2)c2ccccc2n1. The van der Waals surface area contributed by atoms with Gasteiger partial charge in [-0.25, -0.2) is 8.42 Å². The van der Waals surface area contributed by atoms with Crippen molar-refractivity contribution in [1.29, 1.82) is 0 Å². The fourth-order valence-electron chi connectivity index (χ4n) is 5.77. The van der Waals surface area contributed by atoms with Crippen LogP contribution >= 0.6 is 0 Å². The van der Waals surface area contributed by atoms with E-state index in [9.17, 15) is 21.6 Å². The van der Waals surface area contributed by atoms with Crippen LogP contribution in [0.3, 0.4) is 0 Å². The van der Waals surface area contributed by atoms with Crippen LogP contribution in [-0.4, -0.2) is 60.9 Å². The first-order valence-corrected chi connectivity index (χ1v) is 14.8. The highest BCUT2D eigenvalue weighted by Crippen LogP contribution is 2.37. The molecule has 0 saturated carbocycles. The van der Waals surface area contributed by atoms with Crippen LogP contribution in [-0.2, 0) is 16.2 Å². The minimum atomic E-state index is -4.55. The average Bonchev–Trinajstić information content (AvgIpc) is 3.54. The molecule has 0 unspecified atom stereocenters. The van der Waals surface area contributed by atoms with Crippen molar-refractivity contribution in [3.8, 4) is 5.75 Å². The molecule has 0 amide bonds. The zero-order valence-corrected chi connectivity index (χ0v) is 23.1. The Labute approximate surface area is 236 Å². The van der Waals surface area contributed by atoms with E-state index in [-0.39, 0.29) is 35.0 Å². The third-order valence-corrected chi connectivity index (χ3v) is 9.59. The van der Waals surface area contributed by atoms with E-state index < -0.39 is 21.8 Å². The number of piperazine rings is 1. The largest absolute Gasteiger partial charge is 0.492 e. The van der Waals surface area contributed by atoms with E-state index in [1.807, 2.05) is 31.2 Å². The second kappa shape index (κ2) is 10.6. The number of benzene rings is 3. The van der Waals surface area contributed by atoms with E-state index >= 15 is 0 Å². The smallest absolute Gasteiger partial charge is 0.416 e. The summed E-state index contributed by atoms with van der Waals surface area (Å²) in [4.78, 5) is 6.93. The van der Waals surface area contributed by atoms with Gasteiger partial charge in [0, 0.05) is 60.2 Å². The van der Waals surface area contributed by atoms with Gasteiger partial charge >= 0.3 is 6.18 Å². The topological polar surface area (TPSA) is 74.8 Å². The van der Waals surface area contributed by atoms with E-state index in [1.165, 1.54) is 0 Å². The summed E-state index contributed by atoms with van der Waals surface area (Å²) in [5.74, 6) is 0.107. The lowest BCUT2D eigenvalue weighted by atomic mass is 10.1. The van der Waals surface area contributed by atoms with Crippen LogP contribution < -0.4 is 10.1 Å². The lowest BCUT2D eigenvalue weighted by molar-refractivity contribution is -0.137. The zero-order valence-electron chi connectivity index (χ0n) is 22.3. The minimum absolute atomic E-state index is 0.0454. The fourth-order valence-corrected chi connectivity index (χ4v) is 7.46. The van der Waals surface area contributed by atoms with Crippen molar-refractivity contribution in [2.24, 2.45) is 0 Å². The van der Waals surface area contributed by atoms with Crippen LogP contribution in [0.1, 0.15) is 17.7 Å². The number of ether oxygens (including phenoxy) is 1. The van der Waals surface area contributed by atoms with E-state index in [0.717, 1.165) is 35.2 Å². The number of hydrogen-bond donors (Lipinski definition) is 1. The molecule has 1 N–H and O–H groups in total. The van der Waals surface area contributed by atoms with Gasteiger partial charge in [-0.2, -0.15) is 17.5 Å². The Morgan fingerprint density at radius 3 is 2.46 bits per heavy atom. The third-order valence-electron chi connectivity index (χ3n) is 7.66. The van der Waals surface area contributed by atoms with Crippen molar-refractivity contribution in [2.75, 3.05) is 31.6 Å².